The second-order valence-corrected chi connectivity index (χ2v) is 4.19. The summed E-state index contributed by atoms with van der Waals surface area (Å²) in [6.07, 6.45) is 0. The molecule has 13 heavy (non-hydrogen) atoms. The van der Waals surface area contributed by atoms with Crippen LogP contribution < -0.4 is 10.6 Å². The molecule has 1 aromatic heterocycles. The number of thiazole rings is 1. The maximum Gasteiger partial charge on any atom is 0.182 e. The van der Waals surface area contributed by atoms with Crippen molar-refractivity contribution in [3.63, 3.8) is 0 Å². The van der Waals surface area contributed by atoms with Gasteiger partial charge in [0.1, 0.15) is 0 Å². The Bertz CT molecular complexity index is 245. The number of aromatic nitrogens is 1. The van der Waals surface area contributed by atoms with E-state index in [1.807, 2.05) is 6.92 Å². The van der Waals surface area contributed by atoms with E-state index in [1.54, 1.807) is 11.3 Å². The molecule has 0 atom stereocenters. The van der Waals surface area contributed by atoms with Crippen LogP contribution in [0.4, 0.5) is 5.13 Å². The summed E-state index contributed by atoms with van der Waals surface area (Å²) >= 11 is 1.66. The lowest BCUT2D eigenvalue weighted by Gasteiger charge is -2.07. The highest BCUT2D eigenvalue weighted by molar-refractivity contribution is 7.13. The molecule has 2 N–H and O–H groups in total. The Balaban J connectivity index is 2.13. The Hall–Kier alpha value is -0.610. The lowest BCUT2D eigenvalue weighted by Crippen LogP contribution is -2.28. The van der Waals surface area contributed by atoms with E-state index >= 15 is 0 Å². The van der Waals surface area contributed by atoms with Crippen LogP contribution in [0.1, 0.15) is 19.5 Å². The van der Waals surface area contributed by atoms with Crippen LogP contribution in [0.5, 0.6) is 0 Å². The molecule has 0 unspecified atom stereocenters. The second kappa shape index (κ2) is 5.19. The third-order valence-corrected chi connectivity index (χ3v) is 2.49. The van der Waals surface area contributed by atoms with E-state index in [9.17, 15) is 0 Å². The zero-order valence-corrected chi connectivity index (χ0v) is 9.24. The van der Waals surface area contributed by atoms with Gasteiger partial charge in [0.2, 0.25) is 0 Å². The molecule has 0 aliphatic rings. The van der Waals surface area contributed by atoms with Crippen molar-refractivity contribution in [3.8, 4) is 0 Å². The number of nitrogens with one attached hydrogen (secondary N) is 2. The van der Waals surface area contributed by atoms with Crippen molar-refractivity contribution < 1.29 is 0 Å². The molecule has 0 amide bonds. The summed E-state index contributed by atoms with van der Waals surface area (Å²) in [7, 11) is 0. The molecule has 0 saturated heterocycles. The monoisotopic (exact) mass is 199 g/mol. The maximum atomic E-state index is 4.31. The van der Waals surface area contributed by atoms with Crippen LogP contribution in [0.2, 0.25) is 0 Å². The van der Waals surface area contributed by atoms with Crippen molar-refractivity contribution in [2.45, 2.75) is 26.8 Å². The third kappa shape index (κ3) is 4.24. The van der Waals surface area contributed by atoms with Gasteiger partial charge in [0, 0.05) is 24.5 Å². The van der Waals surface area contributed by atoms with Gasteiger partial charge in [0.25, 0.3) is 0 Å². The highest BCUT2D eigenvalue weighted by Gasteiger charge is 1.96. The predicted molar refractivity (Wildman–Crippen MR) is 58.5 cm³/mol. The van der Waals surface area contributed by atoms with E-state index in [1.165, 1.54) is 0 Å². The van der Waals surface area contributed by atoms with Crippen molar-refractivity contribution >= 4 is 16.5 Å². The number of hydrogen-bond acceptors (Lipinski definition) is 4. The molecule has 0 aromatic carbocycles. The molecular formula is C9H17N3S. The first-order chi connectivity index (χ1) is 6.18. The third-order valence-electron chi connectivity index (χ3n) is 1.57. The quantitative estimate of drug-likeness (QED) is 0.711. The van der Waals surface area contributed by atoms with Gasteiger partial charge in [-0.15, -0.1) is 11.3 Å². The average molecular weight is 199 g/mol. The van der Waals surface area contributed by atoms with Crippen LogP contribution in [-0.2, 0) is 0 Å². The Morgan fingerprint density at radius 3 is 2.77 bits per heavy atom. The molecule has 1 rings (SSSR count). The maximum absolute atomic E-state index is 4.31. The summed E-state index contributed by atoms with van der Waals surface area (Å²) < 4.78 is 0. The molecule has 0 spiro atoms. The Labute approximate surface area is 83.6 Å². The van der Waals surface area contributed by atoms with E-state index < -0.39 is 0 Å². The van der Waals surface area contributed by atoms with Gasteiger partial charge in [-0.3, -0.25) is 0 Å². The van der Waals surface area contributed by atoms with Gasteiger partial charge in [-0.05, 0) is 6.92 Å². The number of nitrogens with zero attached hydrogens (tertiary/aromatic N) is 1. The summed E-state index contributed by atoms with van der Waals surface area (Å²) in [5.41, 5.74) is 1.09. The Kier molecular flexibility index (Phi) is 4.18. The molecule has 0 fully saturated rings. The highest BCUT2D eigenvalue weighted by atomic mass is 32.1. The van der Waals surface area contributed by atoms with Gasteiger partial charge < -0.3 is 10.6 Å². The Morgan fingerprint density at radius 1 is 1.46 bits per heavy atom. The summed E-state index contributed by atoms with van der Waals surface area (Å²) in [6.45, 7) is 8.22. The molecule has 0 aliphatic carbocycles. The van der Waals surface area contributed by atoms with Crippen LogP contribution >= 0.6 is 11.3 Å². The van der Waals surface area contributed by atoms with Gasteiger partial charge in [-0.2, -0.15) is 0 Å². The van der Waals surface area contributed by atoms with Gasteiger partial charge >= 0.3 is 0 Å². The van der Waals surface area contributed by atoms with E-state index in [0.29, 0.717) is 6.04 Å². The van der Waals surface area contributed by atoms with Gasteiger partial charge in [-0.1, -0.05) is 13.8 Å². The van der Waals surface area contributed by atoms with Crippen LogP contribution in [-0.4, -0.2) is 24.1 Å². The minimum Gasteiger partial charge on any atom is -0.360 e. The fourth-order valence-corrected chi connectivity index (χ4v) is 1.68. The first-order valence-corrected chi connectivity index (χ1v) is 5.46. The lowest BCUT2D eigenvalue weighted by atomic mass is 10.4. The van der Waals surface area contributed by atoms with Gasteiger partial charge in [-0.25, -0.2) is 4.98 Å². The summed E-state index contributed by atoms with van der Waals surface area (Å²) in [5.74, 6) is 0. The molecular weight excluding hydrogens is 182 g/mol. The smallest absolute Gasteiger partial charge is 0.182 e. The molecule has 1 aromatic rings. The average Bonchev–Trinajstić information content (AvgIpc) is 2.45. The van der Waals surface area contributed by atoms with E-state index in [0.717, 1.165) is 23.9 Å². The highest BCUT2D eigenvalue weighted by Crippen LogP contribution is 2.13. The first-order valence-electron chi connectivity index (χ1n) is 4.58. The van der Waals surface area contributed by atoms with E-state index in [4.69, 9.17) is 0 Å². The zero-order valence-electron chi connectivity index (χ0n) is 8.42. The van der Waals surface area contributed by atoms with Crippen molar-refractivity contribution in [1.29, 1.82) is 0 Å². The van der Waals surface area contributed by atoms with E-state index in [2.05, 4.69) is 34.8 Å². The number of rotatable bonds is 5. The summed E-state index contributed by atoms with van der Waals surface area (Å²) in [6, 6.07) is 0.555. The summed E-state index contributed by atoms with van der Waals surface area (Å²) in [5, 5.41) is 9.67. The molecule has 4 heteroatoms. The molecule has 3 nitrogen and oxygen atoms in total. The van der Waals surface area contributed by atoms with E-state index in [-0.39, 0.29) is 0 Å². The van der Waals surface area contributed by atoms with Crippen LogP contribution in [0, 0.1) is 6.92 Å². The molecule has 1 heterocycles. The molecule has 0 radical (unpaired) electrons. The molecule has 74 valence electrons. The van der Waals surface area contributed by atoms with Crippen LogP contribution in [0.3, 0.4) is 0 Å². The first kappa shape index (κ1) is 10.5. The van der Waals surface area contributed by atoms with Crippen LogP contribution in [0.15, 0.2) is 5.38 Å². The molecule has 0 aliphatic heterocycles. The number of anilines is 1. The minimum absolute atomic E-state index is 0.555. The van der Waals surface area contributed by atoms with Crippen LogP contribution in [0.25, 0.3) is 0 Å². The number of hydrogen-bond donors (Lipinski definition) is 2. The normalized spacial score (nSPS) is 10.8. The topological polar surface area (TPSA) is 37.0 Å². The lowest BCUT2D eigenvalue weighted by molar-refractivity contribution is 0.602. The standard InChI is InChI=1S/C9H17N3S/c1-7(2)10-4-5-11-9-12-8(3)6-13-9/h6-7,10H,4-5H2,1-3H3,(H,11,12). The fraction of sp³-hybridized carbons (Fsp3) is 0.667. The second-order valence-electron chi connectivity index (χ2n) is 3.33. The fourth-order valence-electron chi connectivity index (χ4n) is 0.965. The van der Waals surface area contributed by atoms with Gasteiger partial charge in [0.15, 0.2) is 5.13 Å². The zero-order chi connectivity index (χ0) is 9.68. The molecule has 0 saturated carbocycles. The van der Waals surface area contributed by atoms with Gasteiger partial charge in [0.05, 0.1) is 5.69 Å². The molecule has 0 bridgehead atoms. The number of aryl methyl sites for hydroxylation is 1. The van der Waals surface area contributed by atoms with Crippen molar-refractivity contribution in [1.82, 2.24) is 10.3 Å². The largest absolute Gasteiger partial charge is 0.360 e. The SMILES string of the molecule is Cc1csc(NCCNC(C)C)n1. The minimum atomic E-state index is 0.555. The predicted octanol–water partition coefficient (Wildman–Crippen LogP) is 1.86. The summed E-state index contributed by atoms with van der Waals surface area (Å²) in [4.78, 5) is 4.31. The van der Waals surface area contributed by atoms with Crippen molar-refractivity contribution in [2.24, 2.45) is 0 Å². The van der Waals surface area contributed by atoms with Crippen molar-refractivity contribution in [2.75, 3.05) is 18.4 Å². The van der Waals surface area contributed by atoms with Crippen molar-refractivity contribution in [3.05, 3.63) is 11.1 Å². The Morgan fingerprint density at radius 2 is 2.23 bits per heavy atom.